The lowest BCUT2D eigenvalue weighted by molar-refractivity contribution is -0.130. The van der Waals surface area contributed by atoms with Crippen LogP contribution in [0.15, 0.2) is 30.5 Å². The van der Waals surface area contributed by atoms with Gasteiger partial charge in [-0.1, -0.05) is 31.0 Å². The smallest absolute Gasteiger partial charge is 0.241 e. The highest BCUT2D eigenvalue weighted by molar-refractivity contribution is 8.00. The second kappa shape index (κ2) is 8.25. The van der Waals surface area contributed by atoms with Crippen LogP contribution < -0.4 is 4.74 Å². The van der Waals surface area contributed by atoms with E-state index in [9.17, 15) is 4.79 Å². The average Bonchev–Trinajstić information content (AvgIpc) is 3.21. The molecule has 2 fully saturated rings. The highest BCUT2D eigenvalue weighted by Gasteiger charge is 2.25. The Labute approximate surface area is 158 Å². The van der Waals surface area contributed by atoms with E-state index in [1.54, 1.807) is 6.20 Å². The minimum Gasteiger partial charge on any atom is -0.473 e. The van der Waals surface area contributed by atoms with Gasteiger partial charge in [0.25, 0.3) is 0 Å². The summed E-state index contributed by atoms with van der Waals surface area (Å²) in [5.74, 6) is 1.51. The number of aromatic nitrogens is 2. The largest absolute Gasteiger partial charge is 0.473 e. The fraction of sp³-hybridized carbons (Fsp3) is 0.550. The van der Waals surface area contributed by atoms with Crippen LogP contribution in [0.3, 0.4) is 0 Å². The number of rotatable bonds is 5. The Morgan fingerprint density at radius 1 is 1.15 bits per heavy atom. The van der Waals surface area contributed by atoms with E-state index in [1.165, 1.54) is 25.7 Å². The second-order valence-corrected chi connectivity index (χ2v) is 8.44. The zero-order valence-corrected chi connectivity index (χ0v) is 15.8. The molecule has 2 aromatic rings. The van der Waals surface area contributed by atoms with Gasteiger partial charge in [-0.25, -0.2) is 0 Å². The third kappa shape index (κ3) is 4.11. The van der Waals surface area contributed by atoms with Gasteiger partial charge >= 0.3 is 0 Å². The monoisotopic (exact) mass is 371 g/mol. The van der Waals surface area contributed by atoms with E-state index in [-0.39, 0.29) is 12.0 Å². The number of thioether (sulfide) groups is 1. The normalized spacial score (nSPS) is 19.2. The van der Waals surface area contributed by atoms with E-state index in [4.69, 9.17) is 4.74 Å². The van der Waals surface area contributed by atoms with Crippen molar-refractivity contribution >= 4 is 28.4 Å². The molecule has 2 aliphatic rings. The number of hydrogen-bond donors (Lipinski definition) is 0. The zero-order chi connectivity index (χ0) is 17.8. The molecule has 138 valence electrons. The molecule has 0 bridgehead atoms. The zero-order valence-electron chi connectivity index (χ0n) is 15.0. The Morgan fingerprint density at radius 3 is 2.73 bits per heavy atom. The highest BCUT2D eigenvalue weighted by Crippen LogP contribution is 2.30. The van der Waals surface area contributed by atoms with E-state index in [1.807, 2.05) is 40.9 Å². The van der Waals surface area contributed by atoms with Crippen molar-refractivity contribution in [2.75, 3.05) is 18.8 Å². The van der Waals surface area contributed by atoms with Crippen LogP contribution in [-0.2, 0) is 4.79 Å². The van der Waals surface area contributed by atoms with Crippen LogP contribution in [0.2, 0.25) is 0 Å². The van der Waals surface area contributed by atoms with Crippen LogP contribution in [0.4, 0.5) is 0 Å². The maximum absolute atomic E-state index is 12.4. The van der Waals surface area contributed by atoms with Gasteiger partial charge in [0.15, 0.2) is 0 Å². The summed E-state index contributed by atoms with van der Waals surface area (Å²) in [5.41, 5.74) is 0. The molecule has 1 aliphatic heterocycles. The van der Waals surface area contributed by atoms with E-state index >= 15 is 0 Å². The Morgan fingerprint density at radius 2 is 1.92 bits per heavy atom. The lowest BCUT2D eigenvalue weighted by Gasteiger charge is -2.32. The number of ether oxygens (including phenoxy) is 1. The van der Waals surface area contributed by atoms with Crippen molar-refractivity contribution in [3.8, 4) is 5.88 Å². The Kier molecular flexibility index (Phi) is 5.58. The molecule has 0 N–H and O–H groups in total. The molecular formula is C20H25N3O2S. The molecular weight excluding hydrogens is 346 g/mol. The summed E-state index contributed by atoms with van der Waals surface area (Å²) in [6, 6.07) is 8.00. The lowest BCUT2D eigenvalue weighted by atomic mass is 10.1. The van der Waals surface area contributed by atoms with Crippen molar-refractivity contribution in [3.63, 3.8) is 0 Å². The first-order chi connectivity index (χ1) is 12.8. The number of amides is 1. The topological polar surface area (TPSA) is 55.3 Å². The fourth-order valence-corrected chi connectivity index (χ4v) is 5.03. The van der Waals surface area contributed by atoms with Crippen LogP contribution >= 0.6 is 11.8 Å². The third-order valence-corrected chi connectivity index (χ3v) is 6.71. The molecule has 6 heteroatoms. The lowest BCUT2D eigenvalue weighted by Crippen LogP contribution is -2.42. The number of likely N-dealkylation sites (tertiary alicyclic amines) is 1. The number of benzene rings is 1. The van der Waals surface area contributed by atoms with Crippen molar-refractivity contribution in [2.24, 2.45) is 0 Å². The van der Waals surface area contributed by atoms with Gasteiger partial charge in [0.1, 0.15) is 6.10 Å². The number of piperidine rings is 1. The maximum atomic E-state index is 12.4. The Bertz CT molecular complexity index is 750. The Hall–Kier alpha value is -1.82. The van der Waals surface area contributed by atoms with Gasteiger partial charge in [-0.3, -0.25) is 4.79 Å². The van der Waals surface area contributed by atoms with Gasteiger partial charge in [-0.05, 0) is 18.9 Å². The molecule has 0 atom stereocenters. The predicted octanol–water partition coefficient (Wildman–Crippen LogP) is 3.68. The molecule has 5 nitrogen and oxygen atoms in total. The average molecular weight is 372 g/mol. The van der Waals surface area contributed by atoms with Gasteiger partial charge in [0.2, 0.25) is 11.8 Å². The SMILES string of the molecule is O=C(CSC1CCCC1)N1CCC(Oc2nncc3ccccc23)CC1. The first-order valence-electron chi connectivity index (χ1n) is 9.56. The van der Waals surface area contributed by atoms with Crippen LogP contribution in [0, 0.1) is 0 Å². The predicted molar refractivity (Wildman–Crippen MR) is 104 cm³/mol. The first kappa shape index (κ1) is 17.6. The standard InChI is InChI=1S/C20H25N3O2S/c24-19(14-26-17-6-2-3-7-17)23-11-9-16(10-12-23)25-20-18-8-4-1-5-15(18)13-21-22-20/h1,4-5,8,13,16-17H,2-3,6-7,9-12,14H2. The Balaban J connectivity index is 1.28. The molecule has 4 rings (SSSR count). The summed E-state index contributed by atoms with van der Waals surface area (Å²) >= 11 is 1.85. The summed E-state index contributed by atoms with van der Waals surface area (Å²) in [4.78, 5) is 14.4. The number of fused-ring (bicyclic) bond motifs is 1. The fourth-order valence-electron chi connectivity index (χ4n) is 3.81. The molecule has 2 heterocycles. The van der Waals surface area contributed by atoms with E-state index in [2.05, 4.69) is 10.2 Å². The van der Waals surface area contributed by atoms with E-state index < -0.39 is 0 Å². The number of hydrogen-bond acceptors (Lipinski definition) is 5. The minimum atomic E-state index is 0.0987. The molecule has 1 saturated carbocycles. The van der Waals surface area contributed by atoms with Crippen LogP contribution in [0.25, 0.3) is 10.8 Å². The molecule has 0 spiro atoms. The summed E-state index contributed by atoms with van der Waals surface area (Å²) in [5, 5.41) is 10.9. The molecule has 1 aliphatic carbocycles. The molecule has 0 unspecified atom stereocenters. The number of nitrogens with zero attached hydrogens (tertiary/aromatic N) is 3. The summed E-state index contributed by atoms with van der Waals surface area (Å²) < 4.78 is 6.12. The minimum absolute atomic E-state index is 0.0987. The van der Waals surface area contributed by atoms with E-state index in [0.717, 1.165) is 36.7 Å². The quantitative estimate of drug-likeness (QED) is 0.802. The second-order valence-electron chi connectivity index (χ2n) is 7.15. The summed E-state index contributed by atoms with van der Waals surface area (Å²) in [7, 11) is 0. The molecule has 0 radical (unpaired) electrons. The van der Waals surface area contributed by atoms with Crippen molar-refractivity contribution in [1.82, 2.24) is 15.1 Å². The van der Waals surface area contributed by atoms with Gasteiger partial charge in [0, 0.05) is 42.0 Å². The van der Waals surface area contributed by atoms with Crippen LogP contribution in [-0.4, -0.2) is 51.2 Å². The van der Waals surface area contributed by atoms with Crippen molar-refractivity contribution < 1.29 is 9.53 Å². The number of carbonyl (C=O) groups excluding carboxylic acids is 1. The molecule has 1 aromatic heterocycles. The van der Waals surface area contributed by atoms with Crippen LogP contribution in [0.5, 0.6) is 5.88 Å². The number of carbonyl (C=O) groups is 1. The van der Waals surface area contributed by atoms with Crippen molar-refractivity contribution in [3.05, 3.63) is 30.5 Å². The third-order valence-electron chi connectivity index (χ3n) is 5.35. The molecule has 26 heavy (non-hydrogen) atoms. The van der Waals surface area contributed by atoms with Crippen molar-refractivity contribution in [2.45, 2.75) is 49.9 Å². The molecule has 1 aromatic carbocycles. The van der Waals surface area contributed by atoms with Gasteiger partial charge in [0.05, 0.1) is 11.9 Å². The van der Waals surface area contributed by atoms with Gasteiger partial charge in [-0.15, -0.1) is 16.9 Å². The van der Waals surface area contributed by atoms with Gasteiger partial charge in [-0.2, -0.15) is 5.10 Å². The van der Waals surface area contributed by atoms with Gasteiger partial charge < -0.3 is 9.64 Å². The van der Waals surface area contributed by atoms with E-state index in [0.29, 0.717) is 16.9 Å². The van der Waals surface area contributed by atoms with Crippen LogP contribution in [0.1, 0.15) is 38.5 Å². The summed E-state index contributed by atoms with van der Waals surface area (Å²) in [6.07, 6.45) is 8.76. The highest BCUT2D eigenvalue weighted by atomic mass is 32.2. The summed E-state index contributed by atoms with van der Waals surface area (Å²) in [6.45, 7) is 1.54. The molecule has 1 saturated heterocycles. The maximum Gasteiger partial charge on any atom is 0.241 e. The van der Waals surface area contributed by atoms with Crippen molar-refractivity contribution in [1.29, 1.82) is 0 Å². The molecule has 1 amide bonds. The first-order valence-corrected chi connectivity index (χ1v) is 10.6.